The van der Waals surface area contributed by atoms with Crippen molar-refractivity contribution in [2.75, 3.05) is 18.1 Å². The Labute approximate surface area is 172 Å². The van der Waals surface area contributed by atoms with Crippen LogP contribution >= 0.6 is 0 Å². The van der Waals surface area contributed by atoms with Crippen molar-refractivity contribution in [2.24, 2.45) is 0 Å². The quantitative estimate of drug-likeness (QED) is 0.717. The predicted molar refractivity (Wildman–Crippen MR) is 111 cm³/mol. The van der Waals surface area contributed by atoms with Crippen molar-refractivity contribution in [3.05, 3.63) is 29.3 Å². The maximum absolute atomic E-state index is 12.6. The summed E-state index contributed by atoms with van der Waals surface area (Å²) in [6.45, 7) is 4.82. The van der Waals surface area contributed by atoms with Crippen LogP contribution in [0.4, 0.5) is 10.5 Å². The van der Waals surface area contributed by atoms with Crippen LogP contribution in [0.5, 0.6) is 0 Å². The van der Waals surface area contributed by atoms with Gasteiger partial charge in [0.2, 0.25) is 5.91 Å². The zero-order valence-electron chi connectivity index (χ0n) is 17.4. The molecule has 0 radical (unpaired) electrons. The standard InChI is InChI=1S/C22H31N3O4/c1-3-29-20(27)14-22(10-5-4-6-11-22)24-21(28)23-15-17-7-8-19-18(13-17)9-12-25(19)16(2)26/h7-8,13H,3-6,9-12,14-15H2,1-2H3,(H2,23,24,28). The van der Waals surface area contributed by atoms with E-state index in [1.165, 1.54) is 0 Å². The minimum atomic E-state index is -0.519. The minimum absolute atomic E-state index is 0.0494. The second-order valence-electron chi connectivity index (χ2n) is 8.01. The number of carbonyl (C=O) groups excluding carboxylic acids is 3. The number of nitrogens with one attached hydrogen (secondary N) is 2. The normalized spacial score (nSPS) is 17.4. The molecule has 7 heteroatoms. The third kappa shape index (κ3) is 5.28. The van der Waals surface area contributed by atoms with Crippen molar-refractivity contribution in [2.45, 2.75) is 70.9 Å². The van der Waals surface area contributed by atoms with E-state index < -0.39 is 5.54 Å². The van der Waals surface area contributed by atoms with Crippen molar-refractivity contribution in [3.63, 3.8) is 0 Å². The zero-order chi connectivity index (χ0) is 20.9. The van der Waals surface area contributed by atoms with Gasteiger partial charge in [0.15, 0.2) is 0 Å². The van der Waals surface area contributed by atoms with Gasteiger partial charge < -0.3 is 20.3 Å². The number of amides is 3. The number of nitrogens with zero attached hydrogens (tertiary/aromatic N) is 1. The fraction of sp³-hybridized carbons (Fsp3) is 0.591. The van der Waals surface area contributed by atoms with E-state index in [2.05, 4.69) is 10.6 Å². The Bertz CT molecular complexity index is 771. The molecule has 1 fully saturated rings. The van der Waals surface area contributed by atoms with Crippen molar-refractivity contribution in [3.8, 4) is 0 Å². The van der Waals surface area contributed by atoms with Crippen molar-refractivity contribution >= 4 is 23.6 Å². The van der Waals surface area contributed by atoms with Gasteiger partial charge in [-0.25, -0.2) is 4.79 Å². The molecule has 3 amide bonds. The Hall–Kier alpha value is -2.57. The number of ether oxygens (including phenoxy) is 1. The Morgan fingerprint density at radius 1 is 1.17 bits per heavy atom. The molecule has 1 aliphatic carbocycles. The number of hydrogen-bond donors (Lipinski definition) is 2. The second-order valence-corrected chi connectivity index (χ2v) is 8.01. The van der Waals surface area contributed by atoms with Crippen LogP contribution in [0.25, 0.3) is 0 Å². The average molecular weight is 402 g/mol. The number of carbonyl (C=O) groups is 3. The Morgan fingerprint density at radius 2 is 1.93 bits per heavy atom. The first-order valence-corrected chi connectivity index (χ1v) is 10.5. The van der Waals surface area contributed by atoms with Crippen LogP contribution in [0.2, 0.25) is 0 Å². The summed E-state index contributed by atoms with van der Waals surface area (Å²) in [5, 5.41) is 5.98. The lowest BCUT2D eigenvalue weighted by molar-refractivity contribution is -0.145. The third-order valence-electron chi connectivity index (χ3n) is 5.85. The summed E-state index contributed by atoms with van der Waals surface area (Å²) < 4.78 is 5.11. The van der Waals surface area contributed by atoms with E-state index in [0.29, 0.717) is 19.7 Å². The number of hydrogen-bond acceptors (Lipinski definition) is 4. The van der Waals surface area contributed by atoms with Gasteiger partial charge in [-0.2, -0.15) is 0 Å². The Morgan fingerprint density at radius 3 is 2.62 bits per heavy atom. The molecule has 1 heterocycles. The highest BCUT2D eigenvalue weighted by atomic mass is 16.5. The van der Waals surface area contributed by atoms with Crippen LogP contribution in [-0.4, -0.2) is 36.6 Å². The molecule has 0 aromatic heterocycles. The summed E-state index contributed by atoms with van der Waals surface area (Å²) in [4.78, 5) is 38.1. The van der Waals surface area contributed by atoms with Gasteiger partial charge in [0, 0.05) is 25.7 Å². The monoisotopic (exact) mass is 401 g/mol. The Kier molecular flexibility index (Phi) is 6.77. The molecule has 0 atom stereocenters. The maximum atomic E-state index is 12.6. The second kappa shape index (κ2) is 9.29. The highest BCUT2D eigenvalue weighted by Crippen LogP contribution is 2.32. The number of esters is 1. The molecule has 3 rings (SSSR count). The van der Waals surface area contributed by atoms with Crippen molar-refractivity contribution in [1.82, 2.24) is 10.6 Å². The number of benzene rings is 1. The molecule has 2 aliphatic rings. The number of anilines is 1. The molecule has 0 unspecified atom stereocenters. The molecule has 0 bridgehead atoms. The first kappa shape index (κ1) is 21.1. The smallest absolute Gasteiger partial charge is 0.315 e. The molecule has 7 nitrogen and oxygen atoms in total. The van der Waals surface area contributed by atoms with Crippen LogP contribution < -0.4 is 15.5 Å². The van der Waals surface area contributed by atoms with Crippen molar-refractivity contribution < 1.29 is 19.1 Å². The maximum Gasteiger partial charge on any atom is 0.315 e. The van der Waals surface area contributed by atoms with Gasteiger partial charge in [0.05, 0.1) is 18.6 Å². The summed E-state index contributed by atoms with van der Waals surface area (Å²) in [7, 11) is 0. The van der Waals surface area contributed by atoms with E-state index >= 15 is 0 Å². The molecule has 1 aromatic rings. The van der Waals surface area contributed by atoms with Gasteiger partial charge in [0.1, 0.15) is 0 Å². The van der Waals surface area contributed by atoms with Gasteiger partial charge in [0.25, 0.3) is 0 Å². The largest absolute Gasteiger partial charge is 0.466 e. The molecule has 2 N–H and O–H groups in total. The summed E-state index contributed by atoms with van der Waals surface area (Å²) >= 11 is 0. The molecule has 0 saturated heterocycles. The van der Waals surface area contributed by atoms with Crippen molar-refractivity contribution in [1.29, 1.82) is 0 Å². The first-order chi connectivity index (χ1) is 13.9. The fourth-order valence-electron chi connectivity index (χ4n) is 4.42. The lowest BCUT2D eigenvalue weighted by Crippen LogP contribution is -2.54. The van der Waals surface area contributed by atoms with Gasteiger partial charge in [-0.3, -0.25) is 9.59 Å². The summed E-state index contributed by atoms with van der Waals surface area (Å²) in [5.74, 6) is -0.211. The summed E-state index contributed by atoms with van der Waals surface area (Å²) in [6.07, 6.45) is 5.75. The molecular formula is C22H31N3O4. The molecule has 158 valence electrons. The van der Waals surface area contributed by atoms with Crippen LogP contribution in [0.15, 0.2) is 18.2 Å². The van der Waals surface area contributed by atoms with E-state index in [1.54, 1.807) is 18.7 Å². The molecular weight excluding hydrogens is 370 g/mol. The summed E-state index contributed by atoms with van der Waals surface area (Å²) in [6, 6.07) is 5.67. The Balaban J connectivity index is 1.58. The molecule has 1 saturated carbocycles. The van der Waals surface area contributed by atoms with E-state index in [0.717, 1.165) is 55.3 Å². The zero-order valence-corrected chi connectivity index (χ0v) is 17.4. The molecule has 0 spiro atoms. The average Bonchev–Trinajstić information content (AvgIpc) is 3.10. The van der Waals surface area contributed by atoms with E-state index in [9.17, 15) is 14.4 Å². The first-order valence-electron chi connectivity index (χ1n) is 10.5. The number of fused-ring (bicyclic) bond motifs is 1. The lowest BCUT2D eigenvalue weighted by Gasteiger charge is -2.37. The summed E-state index contributed by atoms with van der Waals surface area (Å²) in [5.41, 5.74) is 2.56. The van der Waals surface area contributed by atoms with Crippen LogP contribution in [0, 0.1) is 0 Å². The minimum Gasteiger partial charge on any atom is -0.466 e. The van der Waals surface area contributed by atoms with E-state index in [1.807, 2.05) is 18.2 Å². The molecule has 29 heavy (non-hydrogen) atoms. The molecule has 1 aliphatic heterocycles. The lowest BCUT2D eigenvalue weighted by atomic mass is 9.79. The van der Waals surface area contributed by atoms with Crippen LogP contribution in [0.1, 0.15) is 63.5 Å². The predicted octanol–water partition coefficient (Wildman–Crippen LogP) is 3.05. The van der Waals surface area contributed by atoms with Gasteiger partial charge in [-0.15, -0.1) is 0 Å². The van der Waals surface area contributed by atoms with Crippen LogP contribution in [-0.2, 0) is 27.3 Å². The topological polar surface area (TPSA) is 87.7 Å². The van der Waals surface area contributed by atoms with Gasteiger partial charge >= 0.3 is 12.0 Å². The number of rotatable bonds is 6. The third-order valence-corrected chi connectivity index (χ3v) is 5.85. The fourth-order valence-corrected chi connectivity index (χ4v) is 4.42. The molecule has 1 aromatic carbocycles. The highest BCUT2D eigenvalue weighted by molar-refractivity contribution is 5.93. The van der Waals surface area contributed by atoms with Gasteiger partial charge in [-0.1, -0.05) is 31.4 Å². The van der Waals surface area contributed by atoms with E-state index in [4.69, 9.17) is 4.74 Å². The van der Waals surface area contributed by atoms with Gasteiger partial charge in [-0.05, 0) is 43.4 Å². The van der Waals surface area contributed by atoms with Crippen LogP contribution in [0.3, 0.4) is 0 Å². The SMILES string of the molecule is CCOC(=O)CC1(NC(=O)NCc2ccc3c(c2)CCN3C(C)=O)CCCCC1. The number of urea groups is 1. The highest BCUT2D eigenvalue weighted by Gasteiger charge is 2.36. The van der Waals surface area contributed by atoms with E-state index in [-0.39, 0.29) is 24.3 Å².